The van der Waals surface area contributed by atoms with E-state index in [2.05, 4.69) is 15.5 Å². The first-order chi connectivity index (χ1) is 11.6. The number of anilines is 1. The van der Waals surface area contributed by atoms with Crippen molar-refractivity contribution in [3.63, 3.8) is 0 Å². The lowest BCUT2D eigenvalue weighted by atomic mass is 10.2. The summed E-state index contributed by atoms with van der Waals surface area (Å²) < 4.78 is 5.74. The van der Waals surface area contributed by atoms with Crippen molar-refractivity contribution < 1.29 is 14.3 Å². The number of likely N-dealkylation sites (tertiary alicyclic amines) is 1. The average Bonchev–Trinajstić information content (AvgIpc) is 3.04. The van der Waals surface area contributed by atoms with Gasteiger partial charge in [0.05, 0.1) is 6.54 Å². The molecule has 2 heterocycles. The SMILES string of the molecule is CC(=O)Nc1ccc(C(=O)N2CCC(Oc3cccnn3)C2)cc1. The maximum Gasteiger partial charge on any atom is 0.253 e. The summed E-state index contributed by atoms with van der Waals surface area (Å²) in [4.78, 5) is 25.3. The number of nitrogens with zero attached hydrogens (tertiary/aromatic N) is 3. The van der Waals surface area contributed by atoms with Crippen LogP contribution in [0.25, 0.3) is 0 Å². The van der Waals surface area contributed by atoms with Gasteiger partial charge in [-0.15, -0.1) is 5.10 Å². The van der Waals surface area contributed by atoms with Crippen molar-refractivity contribution in [2.45, 2.75) is 19.4 Å². The van der Waals surface area contributed by atoms with Gasteiger partial charge >= 0.3 is 0 Å². The molecule has 1 unspecified atom stereocenters. The highest BCUT2D eigenvalue weighted by Crippen LogP contribution is 2.19. The summed E-state index contributed by atoms with van der Waals surface area (Å²) in [6.45, 7) is 2.60. The van der Waals surface area contributed by atoms with Gasteiger partial charge in [-0.25, -0.2) is 0 Å². The molecule has 1 N–H and O–H groups in total. The fourth-order valence-electron chi connectivity index (χ4n) is 2.61. The predicted molar refractivity (Wildman–Crippen MR) is 87.7 cm³/mol. The van der Waals surface area contributed by atoms with Crippen LogP contribution in [0.4, 0.5) is 5.69 Å². The summed E-state index contributed by atoms with van der Waals surface area (Å²) in [6, 6.07) is 10.4. The highest BCUT2D eigenvalue weighted by atomic mass is 16.5. The Morgan fingerprint density at radius 3 is 2.71 bits per heavy atom. The van der Waals surface area contributed by atoms with Crippen LogP contribution in [-0.2, 0) is 4.79 Å². The van der Waals surface area contributed by atoms with Gasteiger partial charge in [0, 0.05) is 43.4 Å². The van der Waals surface area contributed by atoms with Crippen molar-refractivity contribution in [1.29, 1.82) is 0 Å². The minimum atomic E-state index is -0.141. The average molecular weight is 326 g/mol. The van der Waals surface area contributed by atoms with E-state index in [4.69, 9.17) is 4.74 Å². The van der Waals surface area contributed by atoms with Crippen molar-refractivity contribution in [3.8, 4) is 5.88 Å². The molecular formula is C17H18N4O3. The third-order valence-electron chi connectivity index (χ3n) is 3.72. The first-order valence-corrected chi connectivity index (χ1v) is 7.73. The van der Waals surface area contributed by atoms with Crippen LogP contribution in [0.5, 0.6) is 5.88 Å². The second-order valence-corrected chi connectivity index (χ2v) is 5.60. The number of aromatic nitrogens is 2. The van der Waals surface area contributed by atoms with E-state index in [1.165, 1.54) is 6.92 Å². The lowest BCUT2D eigenvalue weighted by Gasteiger charge is -2.17. The molecule has 24 heavy (non-hydrogen) atoms. The van der Waals surface area contributed by atoms with Crippen LogP contribution in [0.2, 0.25) is 0 Å². The number of carbonyl (C=O) groups excluding carboxylic acids is 2. The zero-order valence-corrected chi connectivity index (χ0v) is 13.3. The van der Waals surface area contributed by atoms with Gasteiger partial charge in [0.1, 0.15) is 6.10 Å². The number of hydrogen-bond donors (Lipinski definition) is 1. The number of hydrogen-bond acceptors (Lipinski definition) is 5. The van der Waals surface area contributed by atoms with E-state index in [0.717, 1.165) is 6.42 Å². The Hall–Kier alpha value is -2.96. The second-order valence-electron chi connectivity index (χ2n) is 5.60. The lowest BCUT2D eigenvalue weighted by Crippen LogP contribution is -2.31. The fourth-order valence-corrected chi connectivity index (χ4v) is 2.61. The Balaban J connectivity index is 1.59. The normalized spacial score (nSPS) is 16.7. The van der Waals surface area contributed by atoms with Gasteiger partial charge in [0.25, 0.3) is 5.91 Å². The molecule has 124 valence electrons. The van der Waals surface area contributed by atoms with Crippen LogP contribution in [0.1, 0.15) is 23.7 Å². The standard InChI is InChI=1S/C17H18N4O3/c1-12(22)19-14-6-4-13(5-7-14)17(23)21-10-8-15(11-21)24-16-3-2-9-18-20-16/h2-7,9,15H,8,10-11H2,1H3,(H,19,22). The highest BCUT2D eigenvalue weighted by Gasteiger charge is 2.28. The summed E-state index contributed by atoms with van der Waals surface area (Å²) in [6.07, 6.45) is 2.26. The zero-order valence-electron chi connectivity index (χ0n) is 13.3. The Morgan fingerprint density at radius 2 is 2.04 bits per heavy atom. The van der Waals surface area contributed by atoms with Crippen molar-refractivity contribution in [1.82, 2.24) is 15.1 Å². The van der Waals surface area contributed by atoms with E-state index < -0.39 is 0 Å². The molecule has 1 aliphatic heterocycles. The molecule has 1 aliphatic rings. The molecular weight excluding hydrogens is 308 g/mol. The topological polar surface area (TPSA) is 84.4 Å². The van der Waals surface area contributed by atoms with Crippen molar-refractivity contribution in [2.24, 2.45) is 0 Å². The maximum absolute atomic E-state index is 12.5. The maximum atomic E-state index is 12.5. The van der Waals surface area contributed by atoms with E-state index in [-0.39, 0.29) is 17.9 Å². The number of amides is 2. The van der Waals surface area contributed by atoms with Gasteiger partial charge in [0.2, 0.25) is 11.8 Å². The third kappa shape index (κ3) is 3.87. The van der Waals surface area contributed by atoms with Crippen LogP contribution in [0.15, 0.2) is 42.6 Å². The first-order valence-electron chi connectivity index (χ1n) is 7.73. The van der Waals surface area contributed by atoms with Crippen LogP contribution in [-0.4, -0.2) is 46.1 Å². The van der Waals surface area contributed by atoms with Crippen LogP contribution in [0, 0.1) is 0 Å². The van der Waals surface area contributed by atoms with E-state index in [0.29, 0.717) is 30.2 Å². The molecule has 0 saturated carbocycles. The minimum Gasteiger partial charge on any atom is -0.471 e. The highest BCUT2D eigenvalue weighted by molar-refractivity contribution is 5.95. The van der Waals surface area contributed by atoms with Crippen molar-refractivity contribution in [2.75, 3.05) is 18.4 Å². The molecule has 2 aromatic rings. The molecule has 0 radical (unpaired) electrons. The molecule has 2 amide bonds. The van der Waals surface area contributed by atoms with E-state index >= 15 is 0 Å². The number of carbonyl (C=O) groups is 2. The fraction of sp³-hybridized carbons (Fsp3) is 0.294. The third-order valence-corrected chi connectivity index (χ3v) is 3.72. The Morgan fingerprint density at radius 1 is 1.25 bits per heavy atom. The van der Waals surface area contributed by atoms with Gasteiger partial charge in [0.15, 0.2) is 0 Å². The summed E-state index contributed by atoms with van der Waals surface area (Å²) in [5, 5.41) is 10.3. The van der Waals surface area contributed by atoms with Crippen molar-refractivity contribution in [3.05, 3.63) is 48.2 Å². The smallest absolute Gasteiger partial charge is 0.253 e. The number of nitrogens with one attached hydrogen (secondary N) is 1. The predicted octanol–water partition coefficient (Wildman–Crippen LogP) is 1.73. The van der Waals surface area contributed by atoms with Gasteiger partial charge in [-0.1, -0.05) is 0 Å². The summed E-state index contributed by atoms with van der Waals surface area (Å²) in [5.41, 5.74) is 1.26. The summed E-state index contributed by atoms with van der Waals surface area (Å²) in [7, 11) is 0. The quantitative estimate of drug-likeness (QED) is 0.925. The number of ether oxygens (including phenoxy) is 1. The Kier molecular flexibility index (Phi) is 4.69. The minimum absolute atomic E-state index is 0.0466. The molecule has 0 bridgehead atoms. The molecule has 1 fully saturated rings. The second kappa shape index (κ2) is 7.08. The summed E-state index contributed by atoms with van der Waals surface area (Å²) >= 11 is 0. The Bertz CT molecular complexity index is 718. The molecule has 0 spiro atoms. The lowest BCUT2D eigenvalue weighted by molar-refractivity contribution is -0.114. The van der Waals surface area contributed by atoms with Gasteiger partial charge in [-0.05, 0) is 30.3 Å². The van der Waals surface area contributed by atoms with E-state index in [9.17, 15) is 9.59 Å². The van der Waals surface area contributed by atoms with Crippen LogP contribution >= 0.6 is 0 Å². The molecule has 7 heteroatoms. The molecule has 1 aromatic heterocycles. The van der Waals surface area contributed by atoms with Crippen LogP contribution in [0.3, 0.4) is 0 Å². The molecule has 1 atom stereocenters. The van der Waals surface area contributed by atoms with Crippen LogP contribution < -0.4 is 10.1 Å². The zero-order chi connectivity index (χ0) is 16.9. The molecule has 0 aliphatic carbocycles. The van der Waals surface area contributed by atoms with E-state index in [1.54, 1.807) is 47.5 Å². The number of benzene rings is 1. The monoisotopic (exact) mass is 326 g/mol. The van der Waals surface area contributed by atoms with E-state index in [1.807, 2.05) is 0 Å². The van der Waals surface area contributed by atoms with Gasteiger partial charge < -0.3 is 15.0 Å². The Labute approximate surface area is 139 Å². The first kappa shape index (κ1) is 15.9. The molecule has 7 nitrogen and oxygen atoms in total. The molecule has 1 saturated heterocycles. The van der Waals surface area contributed by atoms with Gasteiger partial charge in [-0.3, -0.25) is 9.59 Å². The largest absolute Gasteiger partial charge is 0.471 e. The van der Waals surface area contributed by atoms with Crippen molar-refractivity contribution >= 4 is 17.5 Å². The molecule has 3 rings (SSSR count). The molecule has 1 aromatic carbocycles. The number of rotatable bonds is 4. The van der Waals surface area contributed by atoms with Gasteiger partial charge in [-0.2, -0.15) is 5.10 Å². The summed E-state index contributed by atoms with van der Waals surface area (Å²) in [5.74, 6) is 0.281.